The molecule has 0 fully saturated rings. The van der Waals surface area contributed by atoms with Crippen LogP contribution >= 0.6 is 0 Å². The highest BCUT2D eigenvalue weighted by atomic mass is 32.2. The Balaban J connectivity index is 2.49. The minimum Gasteiger partial charge on any atom is -0.380 e. The van der Waals surface area contributed by atoms with Gasteiger partial charge >= 0.3 is 0 Å². The Kier molecular flexibility index (Phi) is 7.71. The predicted octanol–water partition coefficient (Wildman–Crippen LogP) is 2.35. The van der Waals surface area contributed by atoms with Crippen LogP contribution in [0.25, 0.3) is 0 Å². The number of rotatable bonds is 10. The molecule has 21 heavy (non-hydrogen) atoms. The van der Waals surface area contributed by atoms with Crippen LogP contribution in [0, 0.1) is 0 Å². The van der Waals surface area contributed by atoms with Gasteiger partial charge in [0, 0.05) is 18.7 Å². The number of unbranched alkanes of at least 4 members (excludes halogenated alkanes) is 1. The molecule has 120 valence electrons. The summed E-state index contributed by atoms with van der Waals surface area (Å²) < 4.78 is 31.9. The van der Waals surface area contributed by atoms with Gasteiger partial charge in [-0.3, -0.25) is 4.72 Å². The maximum atomic E-state index is 12.1. The molecule has 0 atom stereocenters. The fourth-order valence-electron chi connectivity index (χ4n) is 1.93. The van der Waals surface area contributed by atoms with Crippen molar-refractivity contribution >= 4 is 15.7 Å². The minimum atomic E-state index is -3.31. The monoisotopic (exact) mass is 314 g/mol. The van der Waals surface area contributed by atoms with E-state index in [4.69, 9.17) is 4.74 Å². The fraction of sp³-hybridized carbons (Fsp3) is 0.600. The van der Waals surface area contributed by atoms with Crippen LogP contribution in [-0.4, -0.2) is 33.9 Å². The average molecular weight is 314 g/mol. The maximum absolute atomic E-state index is 12.1. The third-order valence-electron chi connectivity index (χ3n) is 2.98. The second-order valence-corrected chi connectivity index (χ2v) is 7.17. The highest BCUT2D eigenvalue weighted by Crippen LogP contribution is 2.17. The van der Waals surface area contributed by atoms with Crippen LogP contribution < -0.4 is 10.0 Å². The summed E-state index contributed by atoms with van der Waals surface area (Å²) in [5.41, 5.74) is 1.43. The molecule has 1 rings (SSSR count). The molecule has 0 bridgehead atoms. The number of hydrogen-bond acceptors (Lipinski definition) is 4. The number of ether oxygens (including phenoxy) is 1. The van der Waals surface area contributed by atoms with Gasteiger partial charge in [0.05, 0.1) is 18.0 Å². The van der Waals surface area contributed by atoms with Gasteiger partial charge in [-0.25, -0.2) is 8.42 Å². The van der Waals surface area contributed by atoms with E-state index in [9.17, 15) is 8.42 Å². The van der Waals surface area contributed by atoms with Gasteiger partial charge in [-0.1, -0.05) is 32.0 Å². The Bertz CT molecular complexity index is 515. The average Bonchev–Trinajstić information content (AvgIpc) is 2.40. The molecule has 1 aromatic rings. The molecule has 0 radical (unpaired) electrons. The van der Waals surface area contributed by atoms with Crippen LogP contribution in [0.2, 0.25) is 0 Å². The first-order valence-electron chi connectivity index (χ1n) is 7.25. The fourth-order valence-corrected chi connectivity index (χ4v) is 3.15. The quantitative estimate of drug-likeness (QED) is 0.651. The van der Waals surface area contributed by atoms with Crippen molar-refractivity contribution in [3.05, 3.63) is 29.8 Å². The lowest BCUT2D eigenvalue weighted by atomic mass is 10.2. The highest BCUT2D eigenvalue weighted by molar-refractivity contribution is 7.92. The van der Waals surface area contributed by atoms with Gasteiger partial charge in [-0.15, -0.1) is 0 Å². The maximum Gasteiger partial charge on any atom is 0.232 e. The van der Waals surface area contributed by atoms with Crippen molar-refractivity contribution in [3.8, 4) is 0 Å². The number of hydrogen-bond donors (Lipinski definition) is 2. The summed E-state index contributed by atoms with van der Waals surface area (Å²) >= 11 is 0. The van der Waals surface area contributed by atoms with E-state index in [-0.39, 0.29) is 5.75 Å². The molecule has 0 aliphatic carbocycles. The normalized spacial score (nSPS) is 11.8. The van der Waals surface area contributed by atoms with Crippen molar-refractivity contribution in [1.29, 1.82) is 0 Å². The minimum absolute atomic E-state index is 0.133. The molecule has 2 N–H and O–H groups in total. The lowest BCUT2D eigenvalue weighted by molar-refractivity contribution is 0.185. The van der Waals surface area contributed by atoms with Crippen LogP contribution in [-0.2, 0) is 21.4 Å². The standard InChI is InChI=1S/C15H26N2O3S/c1-13(2)16-10-6-7-11-21(18,19)17-15-9-5-4-8-14(15)12-20-3/h4-5,8-9,13,16-17H,6-7,10-12H2,1-3H3. The SMILES string of the molecule is COCc1ccccc1NS(=O)(=O)CCCCNC(C)C. The first-order valence-corrected chi connectivity index (χ1v) is 8.90. The van der Waals surface area contributed by atoms with Crippen molar-refractivity contribution in [2.45, 2.75) is 39.3 Å². The molecule has 0 amide bonds. The molecule has 5 nitrogen and oxygen atoms in total. The van der Waals surface area contributed by atoms with Gasteiger partial charge < -0.3 is 10.1 Å². The molecule has 0 saturated heterocycles. The highest BCUT2D eigenvalue weighted by Gasteiger charge is 2.12. The molecule has 0 unspecified atom stereocenters. The second-order valence-electron chi connectivity index (χ2n) is 5.33. The van der Waals surface area contributed by atoms with Gasteiger partial charge in [0.15, 0.2) is 0 Å². The van der Waals surface area contributed by atoms with E-state index in [2.05, 4.69) is 23.9 Å². The largest absolute Gasteiger partial charge is 0.380 e. The third kappa shape index (κ3) is 7.45. The molecule has 0 spiro atoms. The van der Waals surface area contributed by atoms with Crippen LogP contribution in [0.3, 0.4) is 0 Å². The Morgan fingerprint density at radius 3 is 2.57 bits per heavy atom. The van der Waals surface area contributed by atoms with E-state index in [1.54, 1.807) is 13.2 Å². The van der Waals surface area contributed by atoms with Gasteiger partial charge in [0.2, 0.25) is 10.0 Å². The molecule has 0 aliphatic heterocycles. The Morgan fingerprint density at radius 2 is 1.90 bits per heavy atom. The number of anilines is 1. The van der Waals surface area contributed by atoms with Crippen LogP contribution in [0.5, 0.6) is 0 Å². The second kappa shape index (κ2) is 9.02. The first kappa shape index (κ1) is 17.9. The van der Waals surface area contributed by atoms with Crippen LogP contribution in [0.4, 0.5) is 5.69 Å². The van der Waals surface area contributed by atoms with Gasteiger partial charge in [0.25, 0.3) is 0 Å². The van der Waals surface area contributed by atoms with Crippen molar-refractivity contribution in [2.24, 2.45) is 0 Å². The van der Waals surface area contributed by atoms with E-state index in [0.29, 0.717) is 24.8 Å². The number of methoxy groups -OCH3 is 1. The lowest BCUT2D eigenvalue weighted by Crippen LogP contribution is -2.24. The van der Waals surface area contributed by atoms with Crippen molar-refractivity contribution < 1.29 is 13.2 Å². The molecular formula is C15H26N2O3S. The van der Waals surface area contributed by atoms with E-state index < -0.39 is 10.0 Å². The van der Waals surface area contributed by atoms with Crippen LogP contribution in [0.15, 0.2) is 24.3 Å². The zero-order chi connectivity index (χ0) is 15.7. The molecular weight excluding hydrogens is 288 g/mol. The van der Waals surface area contributed by atoms with Crippen LogP contribution in [0.1, 0.15) is 32.3 Å². The van der Waals surface area contributed by atoms with E-state index in [1.807, 2.05) is 18.2 Å². The van der Waals surface area contributed by atoms with Crippen molar-refractivity contribution in [2.75, 3.05) is 24.1 Å². The lowest BCUT2D eigenvalue weighted by Gasteiger charge is -2.12. The summed E-state index contributed by atoms with van der Waals surface area (Å²) in [4.78, 5) is 0. The van der Waals surface area contributed by atoms with Gasteiger partial charge in [-0.05, 0) is 25.5 Å². The third-order valence-corrected chi connectivity index (χ3v) is 4.33. The number of para-hydroxylation sites is 1. The smallest absolute Gasteiger partial charge is 0.232 e. The first-order chi connectivity index (χ1) is 9.94. The molecule has 6 heteroatoms. The van der Waals surface area contributed by atoms with E-state index in [1.165, 1.54) is 0 Å². The van der Waals surface area contributed by atoms with Gasteiger partial charge in [-0.2, -0.15) is 0 Å². The zero-order valence-corrected chi connectivity index (χ0v) is 13.9. The Hall–Kier alpha value is -1.11. The predicted molar refractivity (Wildman–Crippen MR) is 86.9 cm³/mol. The summed E-state index contributed by atoms with van der Waals surface area (Å²) in [6.45, 7) is 5.38. The summed E-state index contributed by atoms with van der Waals surface area (Å²) in [6, 6.07) is 7.72. The van der Waals surface area contributed by atoms with E-state index in [0.717, 1.165) is 18.5 Å². The number of nitrogens with one attached hydrogen (secondary N) is 2. The topological polar surface area (TPSA) is 67.4 Å². The summed E-state index contributed by atoms with van der Waals surface area (Å²) in [6.07, 6.45) is 1.49. The number of benzene rings is 1. The molecule has 0 aromatic heterocycles. The zero-order valence-electron chi connectivity index (χ0n) is 13.1. The van der Waals surface area contributed by atoms with Gasteiger partial charge in [0.1, 0.15) is 0 Å². The molecule has 0 aliphatic rings. The molecule has 1 aromatic carbocycles. The molecule has 0 heterocycles. The summed E-state index contributed by atoms with van der Waals surface area (Å²) in [7, 11) is -1.72. The van der Waals surface area contributed by atoms with Crippen molar-refractivity contribution in [1.82, 2.24) is 5.32 Å². The summed E-state index contributed by atoms with van der Waals surface area (Å²) in [5, 5.41) is 3.28. The summed E-state index contributed by atoms with van der Waals surface area (Å²) in [5.74, 6) is 0.133. The molecule has 0 saturated carbocycles. The van der Waals surface area contributed by atoms with Crippen molar-refractivity contribution in [3.63, 3.8) is 0 Å². The Labute approximate surface area is 128 Å². The Morgan fingerprint density at radius 1 is 1.19 bits per heavy atom. The number of sulfonamides is 1. The van der Waals surface area contributed by atoms with E-state index >= 15 is 0 Å².